The molecular weight excluding hydrogens is 145 g/mol. The van der Waals surface area contributed by atoms with Gasteiger partial charge in [0.25, 0.3) is 0 Å². The van der Waals surface area contributed by atoms with Gasteiger partial charge in [0.1, 0.15) is 13.7 Å². The average molecular weight is 150 g/mol. The van der Waals surface area contributed by atoms with Gasteiger partial charge in [0.2, 0.25) is 0 Å². The molecule has 0 heterocycles. The molecule has 0 bridgehead atoms. The Kier molecular flexibility index (Phi) is 2.31. The lowest BCUT2D eigenvalue weighted by atomic mass is 9.78. The number of hydrogen-bond donors (Lipinski definition) is 2. The Morgan fingerprint density at radius 2 is 2.00 bits per heavy atom. The molecule has 54 valence electrons. The number of halogens is 1. The van der Waals surface area contributed by atoms with Crippen molar-refractivity contribution in [2.24, 2.45) is 0 Å². The minimum atomic E-state index is -1.78. The van der Waals surface area contributed by atoms with Crippen molar-refractivity contribution in [3.05, 3.63) is 24.0 Å². The SMILES string of the molecule is [B]c1ccc(B(O)O)c(F)c1. The van der Waals surface area contributed by atoms with Gasteiger partial charge in [0.05, 0.1) is 0 Å². The summed E-state index contributed by atoms with van der Waals surface area (Å²) in [5.41, 5.74) is 0.0890. The molecule has 2 radical (unpaired) electrons. The van der Waals surface area contributed by atoms with Gasteiger partial charge in [0.15, 0.2) is 0 Å². The van der Waals surface area contributed by atoms with Crippen molar-refractivity contribution in [3.63, 3.8) is 0 Å². The highest BCUT2D eigenvalue weighted by molar-refractivity contribution is 6.58. The van der Waals surface area contributed by atoms with Crippen LogP contribution < -0.4 is 10.9 Å². The van der Waals surface area contributed by atoms with E-state index in [0.29, 0.717) is 0 Å². The van der Waals surface area contributed by atoms with Crippen LogP contribution in [0.5, 0.6) is 0 Å². The van der Waals surface area contributed by atoms with E-state index in [1.165, 1.54) is 12.1 Å². The lowest BCUT2D eigenvalue weighted by molar-refractivity contribution is 0.423. The molecule has 0 aliphatic heterocycles. The van der Waals surface area contributed by atoms with Crippen molar-refractivity contribution in [2.75, 3.05) is 0 Å². The molecule has 1 aromatic rings. The molecule has 11 heavy (non-hydrogen) atoms. The second-order valence-electron chi connectivity index (χ2n) is 2.15. The Morgan fingerprint density at radius 3 is 2.45 bits per heavy atom. The maximum Gasteiger partial charge on any atom is 0.491 e. The molecule has 5 heteroatoms. The van der Waals surface area contributed by atoms with E-state index in [9.17, 15) is 4.39 Å². The summed E-state index contributed by atoms with van der Waals surface area (Å²) in [5, 5.41) is 17.1. The molecule has 2 nitrogen and oxygen atoms in total. The summed E-state index contributed by atoms with van der Waals surface area (Å²) < 4.78 is 12.7. The summed E-state index contributed by atoms with van der Waals surface area (Å²) in [6.07, 6.45) is 0. The zero-order valence-electron chi connectivity index (χ0n) is 5.66. The van der Waals surface area contributed by atoms with Crippen molar-refractivity contribution in [2.45, 2.75) is 0 Å². The molecule has 0 saturated carbocycles. The third kappa shape index (κ3) is 1.82. The lowest BCUT2D eigenvalue weighted by Gasteiger charge is -2.01. The second kappa shape index (κ2) is 3.07. The fourth-order valence-electron chi connectivity index (χ4n) is 0.753. The summed E-state index contributed by atoms with van der Waals surface area (Å²) >= 11 is 0. The van der Waals surface area contributed by atoms with Crippen LogP contribution in [0.3, 0.4) is 0 Å². The molecule has 1 rings (SSSR count). The largest absolute Gasteiger partial charge is 0.491 e. The highest BCUT2D eigenvalue weighted by Gasteiger charge is 2.15. The molecule has 0 fully saturated rings. The van der Waals surface area contributed by atoms with E-state index in [1.54, 1.807) is 0 Å². The van der Waals surface area contributed by atoms with E-state index in [4.69, 9.17) is 17.9 Å². The van der Waals surface area contributed by atoms with Crippen molar-refractivity contribution < 1.29 is 14.4 Å². The molecule has 0 aliphatic carbocycles. The van der Waals surface area contributed by atoms with Gasteiger partial charge < -0.3 is 10.0 Å². The zero-order valence-corrected chi connectivity index (χ0v) is 5.66. The summed E-state index contributed by atoms with van der Waals surface area (Å²) in [5.74, 6) is -0.708. The van der Waals surface area contributed by atoms with Gasteiger partial charge in [-0.3, -0.25) is 0 Å². The van der Waals surface area contributed by atoms with Crippen LogP contribution in [0, 0.1) is 5.82 Å². The zero-order chi connectivity index (χ0) is 8.43. The summed E-state index contributed by atoms with van der Waals surface area (Å²) in [4.78, 5) is 0. The first-order valence-electron chi connectivity index (χ1n) is 3.02. The third-order valence-electron chi connectivity index (χ3n) is 1.30. The van der Waals surface area contributed by atoms with E-state index >= 15 is 0 Å². The number of rotatable bonds is 1. The Bertz CT molecular complexity index is 265. The minimum Gasteiger partial charge on any atom is -0.423 e. The Morgan fingerprint density at radius 1 is 1.36 bits per heavy atom. The highest BCUT2D eigenvalue weighted by Crippen LogP contribution is 1.90. The molecule has 0 aromatic heterocycles. The van der Waals surface area contributed by atoms with Crippen LogP contribution >= 0.6 is 0 Å². The van der Waals surface area contributed by atoms with Gasteiger partial charge in [-0.2, -0.15) is 0 Å². The molecule has 2 N–H and O–H groups in total. The number of benzene rings is 1. The van der Waals surface area contributed by atoms with Gasteiger partial charge in [-0.05, 0) is 6.07 Å². The van der Waals surface area contributed by atoms with Gasteiger partial charge in [0, 0.05) is 5.46 Å². The van der Waals surface area contributed by atoms with Crippen LogP contribution in [-0.2, 0) is 0 Å². The van der Waals surface area contributed by atoms with Crippen molar-refractivity contribution in [1.82, 2.24) is 0 Å². The standard InChI is InChI=1S/C6H5B2FO2/c7-4-1-2-5(8(10)11)6(9)3-4/h1-3,10-11H. The van der Waals surface area contributed by atoms with Crippen LogP contribution in [0.25, 0.3) is 0 Å². The predicted octanol–water partition coefficient (Wildman–Crippen LogP) is -1.70. The van der Waals surface area contributed by atoms with Crippen molar-refractivity contribution >= 4 is 25.9 Å². The lowest BCUT2D eigenvalue weighted by Crippen LogP contribution is -2.33. The fraction of sp³-hybridized carbons (Fsp3) is 0. The highest BCUT2D eigenvalue weighted by atomic mass is 19.1. The molecule has 0 spiro atoms. The Labute approximate surface area is 65.2 Å². The maximum atomic E-state index is 12.7. The summed E-state index contributed by atoms with van der Waals surface area (Å²) in [6.45, 7) is 0. The van der Waals surface area contributed by atoms with Crippen molar-refractivity contribution in [3.8, 4) is 0 Å². The first-order chi connectivity index (χ1) is 5.11. The maximum absolute atomic E-state index is 12.7. The first kappa shape index (κ1) is 8.30. The fourth-order valence-corrected chi connectivity index (χ4v) is 0.753. The van der Waals surface area contributed by atoms with E-state index in [-0.39, 0.29) is 10.9 Å². The van der Waals surface area contributed by atoms with Gasteiger partial charge in [-0.15, -0.1) is 0 Å². The van der Waals surface area contributed by atoms with E-state index < -0.39 is 12.9 Å². The minimum absolute atomic E-state index is 0.167. The van der Waals surface area contributed by atoms with Crippen LogP contribution in [0.1, 0.15) is 0 Å². The summed E-state index contributed by atoms with van der Waals surface area (Å²) in [7, 11) is 3.44. The quantitative estimate of drug-likeness (QED) is 0.468. The van der Waals surface area contributed by atoms with Crippen LogP contribution in [0.15, 0.2) is 18.2 Å². The molecule has 0 atom stereocenters. The normalized spacial score (nSPS) is 9.73. The second-order valence-corrected chi connectivity index (χ2v) is 2.15. The molecule has 1 aromatic carbocycles. The van der Waals surface area contributed by atoms with Crippen LogP contribution in [-0.4, -0.2) is 25.0 Å². The molecule has 0 aliphatic rings. The van der Waals surface area contributed by atoms with E-state index in [1.807, 2.05) is 0 Å². The summed E-state index contributed by atoms with van der Waals surface area (Å²) in [6, 6.07) is 3.67. The van der Waals surface area contributed by atoms with Gasteiger partial charge in [-0.1, -0.05) is 17.6 Å². The molecule has 0 saturated heterocycles. The molecule has 0 unspecified atom stereocenters. The molecule has 0 amide bonds. The monoisotopic (exact) mass is 150 g/mol. The smallest absolute Gasteiger partial charge is 0.423 e. The molecular formula is C6H5B2FO2. The number of hydrogen-bond acceptors (Lipinski definition) is 2. The van der Waals surface area contributed by atoms with Crippen LogP contribution in [0.2, 0.25) is 0 Å². The predicted molar refractivity (Wildman–Crippen MR) is 41.6 cm³/mol. The third-order valence-corrected chi connectivity index (χ3v) is 1.30. The van der Waals surface area contributed by atoms with E-state index in [2.05, 4.69) is 0 Å². The average Bonchev–Trinajstić information content (AvgIpc) is 1.85. The Hall–Kier alpha value is -0.800. The topological polar surface area (TPSA) is 40.5 Å². The van der Waals surface area contributed by atoms with Gasteiger partial charge >= 0.3 is 7.12 Å². The van der Waals surface area contributed by atoms with E-state index in [0.717, 1.165) is 6.07 Å². The first-order valence-corrected chi connectivity index (χ1v) is 3.02. The van der Waals surface area contributed by atoms with Crippen LogP contribution in [0.4, 0.5) is 4.39 Å². The van der Waals surface area contributed by atoms with Crippen molar-refractivity contribution in [1.29, 1.82) is 0 Å². The van der Waals surface area contributed by atoms with Gasteiger partial charge in [-0.25, -0.2) is 4.39 Å². The Balaban J connectivity index is 3.09.